The van der Waals surface area contributed by atoms with Crippen LogP contribution in [0.15, 0.2) is 108 Å². The number of nitrogens with one attached hydrogen (secondary N) is 1. The van der Waals surface area contributed by atoms with Gasteiger partial charge in [-0.05, 0) is 66.2 Å². The summed E-state index contributed by atoms with van der Waals surface area (Å²) < 4.78 is 11.2. The Hall–Kier alpha value is -4.42. The molecule has 4 aromatic rings. The molecule has 0 radical (unpaired) electrons. The zero-order valence-electron chi connectivity index (χ0n) is 18.6. The van der Waals surface area contributed by atoms with Crippen molar-refractivity contribution in [2.24, 2.45) is 5.10 Å². The molecule has 0 atom stereocenters. The van der Waals surface area contributed by atoms with Crippen molar-refractivity contribution in [3.05, 3.63) is 130 Å². The van der Waals surface area contributed by atoms with Crippen LogP contribution in [0.25, 0.3) is 0 Å². The fourth-order valence-electron chi connectivity index (χ4n) is 3.09. The van der Waals surface area contributed by atoms with Gasteiger partial charge in [-0.3, -0.25) is 4.79 Å². The van der Waals surface area contributed by atoms with E-state index in [1.807, 2.05) is 30.3 Å². The van der Waals surface area contributed by atoms with Gasteiger partial charge >= 0.3 is 5.97 Å². The van der Waals surface area contributed by atoms with Gasteiger partial charge in [0.2, 0.25) is 0 Å². The number of ether oxygens (including phenoxy) is 2. The van der Waals surface area contributed by atoms with Gasteiger partial charge in [0, 0.05) is 16.1 Å². The highest BCUT2D eigenvalue weighted by Gasteiger charge is 2.11. The molecule has 174 valence electrons. The summed E-state index contributed by atoms with van der Waals surface area (Å²) in [4.78, 5) is 24.8. The third-order valence-electron chi connectivity index (χ3n) is 4.94. The van der Waals surface area contributed by atoms with Crippen molar-refractivity contribution in [1.82, 2.24) is 5.43 Å². The van der Waals surface area contributed by atoms with Crippen LogP contribution in [0.4, 0.5) is 0 Å². The largest absolute Gasteiger partial charge is 0.489 e. The number of benzene rings is 4. The van der Waals surface area contributed by atoms with E-state index in [9.17, 15) is 9.59 Å². The average Bonchev–Trinajstić information content (AvgIpc) is 2.89. The third-order valence-corrected chi connectivity index (χ3v) is 5.19. The van der Waals surface area contributed by atoms with Gasteiger partial charge in [-0.15, -0.1) is 0 Å². The monoisotopic (exact) mass is 484 g/mol. The van der Waals surface area contributed by atoms with Crippen LogP contribution in [0, 0.1) is 0 Å². The number of hydrogen-bond donors (Lipinski definition) is 1. The van der Waals surface area contributed by atoms with Crippen LogP contribution in [-0.4, -0.2) is 18.1 Å². The van der Waals surface area contributed by atoms with E-state index < -0.39 is 5.97 Å². The highest BCUT2D eigenvalue weighted by molar-refractivity contribution is 6.30. The summed E-state index contributed by atoms with van der Waals surface area (Å²) >= 11 is 5.86. The van der Waals surface area contributed by atoms with Crippen LogP contribution in [0.3, 0.4) is 0 Å². The van der Waals surface area contributed by atoms with Gasteiger partial charge in [-0.25, -0.2) is 10.2 Å². The second-order valence-electron chi connectivity index (χ2n) is 7.43. The first-order valence-electron chi connectivity index (χ1n) is 10.8. The van der Waals surface area contributed by atoms with E-state index in [1.165, 1.54) is 6.21 Å². The minimum atomic E-state index is -0.527. The van der Waals surface area contributed by atoms with Gasteiger partial charge in [0.15, 0.2) is 0 Å². The van der Waals surface area contributed by atoms with E-state index in [-0.39, 0.29) is 5.91 Å². The van der Waals surface area contributed by atoms with Gasteiger partial charge in [0.1, 0.15) is 18.1 Å². The topological polar surface area (TPSA) is 77.0 Å². The summed E-state index contributed by atoms with van der Waals surface area (Å²) in [6.07, 6.45) is 1.42. The van der Waals surface area contributed by atoms with E-state index in [0.717, 1.165) is 5.56 Å². The second kappa shape index (κ2) is 11.6. The zero-order valence-corrected chi connectivity index (χ0v) is 19.3. The molecule has 1 N–H and O–H groups in total. The lowest BCUT2D eigenvalue weighted by Gasteiger charge is -2.08. The SMILES string of the molecule is O=C(N/N=C/c1ccccc1OC(=O)c1ccc(Cl)cc1)c1ccc(OCc2ccccc2)cc1. The fraction of sp³-hybridized carbons (Fsp3) is 0.0357. The Morgan fingerprint density at radius 3 is 2.20 bits per heavy atom. The molecule has 0 spiro atoms. The van der Waals surface area contributed by atoms with Crippen LogP contribution in [0.1, 0.15) is 31.8 Å². The van der Waals surface area contributed by atoms with Crippen molar-refractivity contribution < 1.29 is 19.1 Å². The minimum absolute atomic E-state index is 0.311. The number of rotatable bonds is 8. The third kappa shape index (κ3) is 6.79. The maximum atomic E-state index is 12.4. The van der Waals surface area contributed by atoms with E-state index in [4.69, 9.17) is 21.1 Å². The molecule has 1 amide bonds. The second-order valence-corrected chi connectivity index (χ2v) is 7.87. The normalized spacial score (nSPS) is 10.7. The van der Waals surface area contributed by atoms with Crippen LogP contribution >= 0.6 is 11.6 Å². The Balaban J connectivity index is 1.34. The summed E-state index contributed by atoms with van der Waals surface area (Å²) in [6, 6.07) is 29.9. The van der Waals surface area contributed by atoms with Gasteiger partial charge in [-0.2, -0.15) is 5.10 Å². The van der Waals surface area contributed by atoms with Crippen molar-refractivity contribution in [3.8, 4) is 11.5 Å². The molecule has 0 saturated carbocycles. The maximum absolute atomic E-state index is 12.4. The molecule has 0 fully saturated rings. The molecule has 0 unspecified atom stereocenters. The van der Waals surface area contributed by atoms with Gasteiger partial charge in [0.05, 0.1) is 11.8 Å². The van der Waals surface area contributed by atoms with Crippen molar-refractivity contribution in [2.45, 2.75) is 6.61 Å². The number of hydrogen-bond acceptors (Lipinski definition) is 5. The Morgan fingerprint density at radius 1 is 0.800 bits per heavy atom. The average molecular weight is 485 g/mol. The van der Waals surface area contributed by atoms with Gasteiger partial charge < -0.3 is 9.47 Å². The fourth-order valence-corrected chi connectivity index (χ4v) is 3.22. The summed E-state index contributed by atoms with van der Waals surface area (Å²) in [7, 11) is 0. The summed E-state index contributed by atoms with van der Waals surface area (Å²) in [5.74, 6) is 0.0586. The first-order valence-corrected chi connectivity index (χ1v) is 11.1. The molecule has 4 rings (SSSR count). The molecule has 0 aromatic heterocycles. The van der Waals surface area contributed by atoms with E-state index in [1.54, 1.807) is 72.8 Å². The maximum Gasteiger partial charge on any atom is 0.343 e. The number of esters is 1. The lowest BCUT2D eigenvalue weighted by molar-refractivity contribution is 0.0734. The van der Waals surface area contributed by atoms with Crippen LogP contribution < -0.4 is 14.9 Å². The van der Waals surface area contributed by atoms with E-state index in [0.29, 0.717) is 39.8 Å². The molecule has 0 aliphatic carbocycles. The van der Waals surface area contributed by atoms with Gasteiger partial charge in [-0.1, -0.05) is 54.1 Å². The number of nitrogens with zero attached hydrogens (tertiary/aromatic N) is 1. The zero-order chi connectivity index (χ0) is 24.5. The predicted octanol–water partition coefficient (Wildman–Crippen LogP) is 5.90. The Labute approximate surface area is 207 Å². The summed E-state index contributed by atoms with van der Waals surface area (Å²) in [5, 5.41) is 4.53. The van der Waals surface area contributed by atoms with Crippen molar-refractivity contribution in [2.75, 3.05) is 0 Å². The predicted molar refractivity (Wildman–Crippen MR) is 135 cm³/mol. The summed E-state index contributed by atoms with van der Waals surface area (Å²) in [5.41, 5.74) is 4.86. The van der Waals surface area contributed by atoms with Crippen LogP contribution in [-0.2, 0) is 6.61 Å². The first kappa shape index (κ1) is 23.7. The molecular formula is C28H21ClN2O4. The molecule has 0 saturated heterocycles. The van der Waals surface area contributed by atoms with E-state index in [2.05, 4.69) is 10.5 Å². The molecule has 7 heteroatoms. The quantitative estimate of drug-likeness (QED) is 0.146. The molecule has 0 heterocycles. The standard InChI is InChI=1S/C28H21ClN2O4/c29-24-14-10-22(11-15-24)28(33)35-26-9-5-4-8-23(26)18-30-31-27(32)21-12-16-25(17-13-21)34-19-20-6-2-1-3-7-20/h1-18H,19H2,(H,31,32)/b30-18+. The molecule has 0 bridgehead atoms. The lowest BCUT2D eigenvalue weighted by atomic mass is 10.2. The van der Waals surface area contributed by atoms with Crippen molar-refractivity contribution in [1.29, 1.82) is 0 Å². The Bertz CT molecular complexity index is 1320. The molecule has 0 aliphatic heterocycles. The number of amides is 1. The molecule has 35 heavy (non-hydrogen) atoms. The Morgan fingerprint density at radius 2 is 1.46 bits per heavy atom. The number of para-hydroxylation sites is 1. The first-order chi connectivity index (χ1) is 17.1. The highest BCUT2D eigenvalue weighted by atomic mass is 35.5. The smallest absolute Gasteiger partial charge is 0.343 e. The van der Waals surface area contributed by atoms with Gasteiger partial charge in [0.25, 0.3) is 5.91 Å². The lowest BCUT2D eigenvalue weighted by Crippen LogP contribution is -2.17. The van der Waals surface area contributed by atoms with Crippen molar-refractivity contribution in [3.63, 3.8) is 0 Å². The summed E-state index contributed by atoms with van der Waals surface area (Å²) in [6.45, 7) is 0.443. The number of hydrazone groups is 1. The van der Waals surface area contributed by atoms with Crippen LogP contribution in [0.5, 0.6) is 11.5 Å². The number of carbonyl (C=O) groups is 2. The molecule has 6 nitrogen and oxygen atoms in total. The van der Waals surface area contributed by atoms with E-state index >= 15 is 0 Å². The number of carbonyl (C=O) groups excluding carboxylic acids is 2. The van der Waals surface area contributed by atoms with Crippen molar-refractivity contribution >= 4 is 29.7 Å². The highest BCUT2D eigenvalue weighted by Crippen LogP contribution is 2.19. The van der Waals surface area contributed by atoms with Crippen LogP contribution in [0.2, 0.25) is 5.02 Å². The minimum Gasteiger partial charge on any atom is -0.489 e. The molecular weight excluding hydrogens is 464 g/mol. The molecule has 4 aromatic carbocycles. The Kier molecular flexibility index (Phi) is 7.88. The number of halogens is 1. The molecule has 0 aliphatic rings.